The first kappa shape index (κ1) is 10.4. The first-order valence-corrected chi connectivity index (χ1v) is 4.44. The molecule has 0 aromatic rings. The van der Waals surface area contributed by atoms with Crippen molar-refractivity contribution in [3.63, 3.8) is 0 Å². The summed E-state index contributed by atoms with van der Waals surface area (Å²) in [5.41, 5.74) is 0.400. The molecule has 0 radical (unpaired) electrons. The molecule has 0 saturated carbocycles. The fourth-order valence-corrected chi connectivity index (χ4v) is 0.989. The van der Waals surface area contributed by atoms with Gasteiger partial charge in [0.05, 0.1) is 25.0 Å². The topological polar surface area (TPSA) is 38.3 Å². The standard InChI is InChI=1S/C7H8BrF2NO2/c8-7(9,10)4-11-6(12)5-1-2-13-3-5/h3H,1-2,4H2,(H,11,12). The molecular weight excluding hydrogens is 248 g/mol. The van der Waals surface area contributed by atoms with E-state index in [2.05, 4.69) is 21.2 Å². The molecule has 0 saturated heterocycles. The molecule has 1 N–H and O–H groups in total. The van der Waals surface area contributed by atoms with Crippen molar-refractivity contribution in [2.45, 2.75) is 11.3 Å². The Morgan fingerprint density at radius 3 is 2.92 bits per heavy atom. The summed E-state index contributed by atoms with van der Waals surface area (Å²) in [6, 6.07) is 0. The Kier molecular flexibility index (Phi) is 3.24. The van der Waals surface area contributed by atoms with E-state index in [1.165, 1.54) is 6.26 Å². The van der Waals surface area contributed by atoms with E-state index in [-0.39, 0.29) is 0 Å². The van der Waals surface area contributed by atoms with Crippen LogP contribution in [-0.2, 0) is 9.53 Å². The Labute approximate surface area is 82.3 Å². The third kappa shape index (κ3) is 3.71. The van der Waals surface area contributed by atoms with Crippen molar-refractivity contribution in [3.8, 4) is 0 Å². The van der Waals surface area contributed by atoms with Crippen molar-refractivity contribution < 1.29 is 18.3 Å². The molecule has 74 valence electrons. The van der Waals surface area contributed by atoms with Crippen LogP contribution in [0.3, 0.4) is 0 Å². The Bertz CT molecular complexity index is 237. The summed E-state index contributed by atoms with van der Waals surface area (Å²) in [6.45, 7) is -0.281. The second kappa shape index (κ2) is 4.04. The van der Waals surface area contributed by atoms with Gasteiger partial charge in [0.2, 0.25) is 0 Å². The Morgan fingerprint density at radius 1 is 1.77 bits per heavy atom. The second-order valence-corrected chi connectivity index (χ2v) is 3.72. The number of nitrogens with one attached hydrogen (secondary N) is 1. The highest BCUT2D eigenvalue weighted by atomic mass is 79.9. The molecule has 0 aliphatic carbocycles. The highest BCUT2D eigenvalue weighted by Crippen LogP contribution is 2.20. The first-order valence-electron chi connectivity index (χ1n) is 3.64. The van der Waals surface area contributed by atoms with Gasteiger partial charge in [-0.3, -0.25) is 4.79 Å². The maximum absolute atomic E-state index is 12.2. The highest BCUT2D eigenvalue weighted by molar-refractivity contribution is 9.10. The smallest absolute Gasteiger partial charge is 0.318 e. The molecular formula is C7H8BrF2NO2. The van der Waals surface area contributed by atoms with Crippen molar-refractivity contribution in [2.75, 3.05) is 13.2 Å². The lowest BCUT2D eigenvalue weighted by atomic mass is 10.2. The van der Waals surface area contributed by atoms with Crippen molar-refractivity contribution in [3.05, 3.63) is 11.8 Å². The van der Waals surface area contributed by atoms with Crippen molar-refractivity contribution in [2.24, 2.45) is 0 Å². The summed E-state index contributed by atoms with van der Waals surface area (Å²) in [5, 5.41) is 2.08. The van der Waals surface area contributed by atoms with Gasteiger partial charge in [-0.25, -0.2) is 0 Å². The van der Waals surface area contributed by atoms with Crippen LogP contribution in [0.5, 0.6) is 0 Å². The summed E-state index contributed by atoms with van der Waals surface area (Å²) in [7, 11) is 0. The molecule has 1 rings (SSSR count). The number of ether oxygens (including phenoxy) is 1. The third-order valence-electron chi connectivity index (χ3n) is 1.46. The van der Waals surface area contributed by atoms with Gasteiger partial charge >= 0.3 is 4.83 Å². The van der Waals surface area contributed by atoms with Gasteiger partial charge in [0.25, 0.3) is 5.91 Å². The largest absolute Gasteiger partial charge is 0.500 e. The van der Waals surface area contributed by atoms with Crippen molar-refractivity contribution in [1.82, 2.24) is 5.32 Å². The quantitative estimate of drug-likeness (QED) is 0.775. The fourth-order valence-electron chi connectivity index (χ4n) is 0.848. The van der Waals surface area contributed by atoms with Gasteiger partial charge < -0.3 is 10.1 Å². The van der Waals surface area contributed by atoms with Crippen LogP contribution < -0.4 is 5.32 Å². The maximum Gasteiger partial charge on any atom is 0.318 e. The molecule has 1 aliphatic rings. The van der Waals surface area contributed by atoms with E-state index in [0.29, 0.717) is 18.6 Å². The predicted octanol–water partition coefficient (Wildman–Crippen LogP) is 1.39. The van der Waals surface area contributed by atoms with Gasteiger partial charge in [0, 0.05) is 6.42 Å². The average Bonchev–Trinajstić information content (AvgIpc) is 2.50. The number of rotatable bonds is 3. The minimum atomic E-state index is -3.05. The van der Waals surface area contributed by atoms with Crippen LogP contribution in [0, 0.1) is 0 Å². The summed E-state index contributed by atoms with van der Waals surface area (Å²) in [5.74, 6) is -0.503. The average molecular weight is 256 g/mol. The molecule has 0 bridgehead atoms. The summed E-state index contributed by atoms with van der Waals surface area (Å²) < 4.78 is 29.2. The highest BCUT2D eigenvalue weighted by Gasteiger charge is 2.25. The number of halogens is 3. The van der Waals surface area contributed by atoms with Crippen LogP contribution in [0.4, 0.5) is 8.78 Å². The summed E-state index contributed by atoms with van der Waals surface area (Å²) >= 11 is 2.12. The molecule has 0 fully saturated rings. The molecule has 0 aromatic heterocycles. The molecule has 0 spiro atoms. The number of carbonyl (C=O) groups excluding carboxylic acids is 1. The molecule has 6 heteroatoms. The zero-order chi connectivity index (χ0) is 9.90. The number of carbonyl (C=O) groups is 1. The molecule has 1 heterocycles. The van der Waals surface area contributed by atoms with Crippen molar-refractivity contribution in [1.29, 1.82) is 0 Å². The lowest BCUT2D eigenvalue weighted by Gasteiger charge is -2.09. The molecule has 1 amide bonds. The van der Waals surface area contributed by atoms with Gasteiger partial charge in [-0.1, -0.05) is 0 Å². The van der Waals surface area contributed by atoms with Crippen LogP contribution in [-0.4, -0.2) is 23.9 Å². The normalized spacial score (nSPS) is 16.4. The predicted molar refractivity (Wildman–Crippen MR) is 45.5 cm³/mol. The van der Waals surface area contributed by atoms with Gasteiger partial charge in [-0.15, -0.1) is 0 Å². The van der Waals surface area contributed by atoms with Gasteiger partial charge in [-0.2, -0.15) is 8.78 Å². The maximum atomic E-state index is 12.2. The summed E-state index contributed by atoms with van der Waals surface area (Å²) in [6.07, 6.45) is 1.77. The molecule has 0 atom stereocenters. The minimum absolute atomic E-state index is 0.400. The van der Waals surface area contributed by atoms with Crippen LogP contribution in [0.1, 0.15) is 6.42 Å². The molecule has 13 heavy (non-hydrogen) atoms. The van der Waals surface area contributed by atoms with E-state index in [4.69, 9.17) is 4.74 Å². The SMILES string of the molecule is O=C(NCC(F)(F)Br)C1=COCC1. The van der Waals surface area contributed by atoms with Crippen LogP contribution in [0.2, 0.25) is 0 Å². The van der Waals surface area contributed by atoms with E-state index >= 15 is 0 Å². The zero-order valence-electron chi connectivity index (χ0n) is 6.65. The monoisotopic (exact) mass is 255 g/mol. The van der Waals surface area contributed by atoms with E-state index in [0.717, 1.165) is 0 Å². The molecule has 3 nitrogen and oxygen atoms in total. The van der Waals surface area contributed by atoms with Crippen LogP contribution in [0.15, 0.2) is 11.8 Å². The minimum Gasteiger partial charge on any atom is -0.500 e. The van der Waals surface area contributed by atoms with E-state index in [1.54, 1.807) is 0 Å². The Morgan fingerprint density at radius 2 is 2.46 bits per heavy atom. The number of hydrogen-bond acceptors (Lipinski definition) is 2. The fraction of sp³-hybridized carbons (Fsp3) is 0.571. The lowest BCUT2D eigenvalue weighted by molar-refractivity contribution is -0.118. The Balaban J connectivity index is 2.33. The zero-order valence-corrected chi connectivity index (χ0v) is 8.24. The number of amides is 1. The van der Waals surface area contributed by atoms with E-state index in [9.17, 15) is 13.6 Å². The molecule has 0 aromatic carbocycles. The number of alkyl halides is 3. The molecule has 1 aliphatic heterocycles. The third-order valence-corrected chi connectivity index (χ3v) is 1.74. The second-order valence-electron chi connectivity index (χ2n) is 2.56. The van der Waals surface area contributed by atoms with Crippen molar-refractivity contribution >= 4 is 21.8 Å². The summed E-state index contributed by atoms with van der Waals surface area (Å²) in [4.78, 5) is 8.03. The lowest BCUT2D eigenvalue weighted by Crippen LogP contribution is -2.33. The van der Waals surface area contributed by atoms with Crippen LogP contribution >= 0.6 is 15.9 Å². The van der Waals surface area contributed by atoms with Gasteiger partial charge in [-0.05, 0) is 15.9 Å². The van der Waals surface area contributed by atoms with E-state index < -0.39 is 17.3 Å². The van der Waals surface area contributed by atoms with Crippen LogP contribution in [0.25, 0.3) is 0 Å². The number of hydrogen-bond donors (Lipinski definition) is 1. The van der Waals surface area contributed by atoms with E-state index in [1.807, 2.05) is 0 Å². The first-order chi connectivity index (χ1) is 5.99. The van der Waals surface area contributed by atoms with Gasteiger partial charge in [0.1, 0.15) is 0 Å². The molecule has 0 unspecified atom stereocenters. The Hall–Kier alpha value is -0.650. The van der Waals surface area contributed by atoms with Gasteiger partial charge in [0.15, 0.2) is 0 Å².